The van der Waals surface area contributed by atoms with Crippen LogP contribution in [0.25, 0.3) is 0 Å². The molecule has 2 fully saturated rings. The minimum Gasteiger partial charge on any atom is -0.388 e. The van der Waals surface area contributed by atoms with E-state index in [0.29, 0.717) is 50.1 Å². The van der Waals surface area contributed by atoms with E-state index in [4.69, 9.17) is 4.74 Å². The average Bonchev–Trinajstić information content (AvgIpc) is 3.28. The smallest absolute Gasteiger partial charge is 0.255 e. The van der Waals surface area contributed by atoms with Gasteiger partial charge in [0.1, 0.15) is 6.10 Å². The topological polar surface area (TPSA) is 94.7 Å². The van der Waals surface area contributed by atoms with E-state index in [1.807, 2.05) is 25.1 Å². The van der Waals surface area contributed by atoms with Gasteiger partial charge in [0.05, 0.1) is 16.7 Å². The third-order valence-electron chi connectivity index (χ3n) is 6.29. The largest absolute Gasteiger partial charge is 0.388 e. The fraction of sp³-hybridized carbons (Fsp3) is 0.455. The summed E-state index contributed by atoms with van der Waals surface area (Å²) in [5.41, 5.74) is -0.358. The molecule has 1 spiro atoms. The summed E-state index contributed by atoms with van der Waals surface area (Å²) in [6, 6.07) is 10.8. The van der Waals surface area contributed by atoms with Crippen LogP contribution in [0.15, 0.2) is 48.8 Å². The molecule has 29 heavy (non-hydrogen) atoms. The minimum atomic E-state index is -0.860. The molecule has 4 rings (SSSR count). The quantitative estimate of drug-likeness (QED) is 0.738. The maximum absolute atomic E-state index is 12.7. The van der Waals surface area contributed by atoms with Gasteiger partial charge < -0.3 is 25.0 Å². The number of likely N-dealkylation sites (tertiary alicyclic amines) is 1. The molecule has 2 atom stereocenters. The summed E-state index contributed by atoms with van der Waals surface area (Å²) in [6.07, 6.45) is 4.14. The molecule has 7 heteroatoms. The number of aliphatic hydroxyl groups is 1. The van der Waals surface area contributed by atoms with Gasteiger partial charge in [-0.05, 0) is 44.4 Å². The van der Waals surface area contributed by atoms with Crippen molar-refractivity contribution >= 4 is 11.8 Å². The summed E-state index contributed by atoms with van der Waals surface area (Å²) in [5, 5.41) is 14.3. The molecule has 2 aliphatic rings. The first kappa shape index (κ1) is 19.7. The lowest BCUT2D eigenvalue weighted by atomic mass is 9.73. The highest BCUT2D eigenvalue weighted by Crippen LogP contribution is 2.40. The molecule has 2 aromatic rings. The first-order valence-electron chi connectivity index (χ1n) is 10.1. The second-order valence-corrected chi connectivity index (χ2v) is 8.20. The number of rotatable bonds is 3. The molecule has 0 unspecified atom stereocenters. The zero-order valence-corrected chi connectivity index (χ0v) is 16.6. The number of aromatic amines is 1. The number of carbonyl (C=O) groups excluding carboxylic acids is 2. The Morgan fingerprint density at radius 2 is 1.86 bits per heavy atom. The van der Waals surface area contributed by atoms with Crippen LogP contribution in [0.2, 0.25) is 0 Å². The second kappa shape index (κ2) is 7.65. The number of benzene rings is 1. The number of carbonyl (C=O) groups is 2. The normalized spacial score (nSPS) is 26.3. The van der Waals surface area contributed by atoms with Gasteiger partial charge in [0.25, 0.3) is 11.8 Å². The fourth-order valence-electron chi connectivity index (χ4n) is 4.46. The molecule has 1 aromatic carbocycles. The molecule has 154 valence electrons. The molecule has 0 bridgehead atoms. The number of aliphatic hydroxyl groups excluding tert-OH is 1. The lowest BCUT2D eigenvalue weighted by Crippen LogP contribution is -2.69. The van der Waals surface area contributed by atoms with E-state index < -0.39 is 17.2 Å². The number of hydrogen-bond acceptors (Lipinski definition) is 4. The van der Waals surface area contributed by atoms with Crippen molar-refractivity contribution in [2.24, 2.45) is 0 Å². The standard InChI is InChI=1S/C22H27N3O4/c1-21(24-18(26)16-5-3-2-4-6-16)10-14-29-22(20(21)28)8-12-25(13-9-22)19(27)17-7-11-23-15-17/h2-7,11,15,20,23,28H,8-10,12-14H2,1H3,(H,24,26)/t20-,21+/m1/s1. The molecule has 0 saturated carbocycles. The Labute approximate surface area is 170 Å². The van der Waals surface area contributed by atoms with Crippen LogP contribution in [-0.2, 0) is 4.74 Å². The van der Waals surface area contributed by atoms with Crippen LogP contribution in [0.5, 0.6) is 0 Å². The molecule has 1 aromatic heterocycles. The van der Waals surface area contributed by atoms with Crippen LogP contribution >= 0.6 is 0 Å². The van der Waals surface area contributed by atoms with Gasteiger partial charge in [-0.1, -0.05) is 18.2 Å². The van der Waals surface area contributed by atoms with Gasteiger partial charge in [0, 0.05) is 37.7 Å². The summed E-state index contributed by atoms with van der Waals surface area (Å²) in [7, 11) is 0. The van der Waals surface area contributed by atoms with E-state index in [2.05, 4.69) is 10.3 Å². The van der Waals surface area contributed by atoms with Crippen molar-refractivity contribution in [1.29, 1.82) is 0 Å². The van der Waals surface area contributed by atoms with E-state index in [-0.39, 0.29) is 11.8 Å². The van der Waals surface area contributed by atoms with Crippen LogP contribution < -0.4 is 5.32 Å². The van der Waals surface area contributed by atoms with Gasteiger partial charge in [-0.3, -0.25) is 9.59 Å². The third kappa shape index (κ3) is 3.68. The van der Waals surface area contributed by atoms with Crippen LogP contribution in [0.3, 0.4) is 0 Å². The number of ether oxygens (including phenoxy) is 1. The monoisotopic (exact) mass is 397 g/mol. The first-order valence-corrected chi connectivity index (χ1v) is 10.1. The first-order chi connectivity index (χ1) is 13.9. The second-order valence-electron chi connectivity index (χ2n) is 8.20. The molecule has 2 saturated heterocycles. The van der Waals surface area contributed by atoms with Crippen molar-refractivity contribution in [3.05, 3.63) is 59.9 Å². The maximum atomic E-state index is 12.7. The number of aromatic nitrogens is 1. The van der Waals surface area contributed by atoms with E-state index in [1.165, 1.54) is 0 Å². The highest BCUT2D eigenvalue weighted by Gasteiger charge is 2.54. The molecule has 0 radical (unpaired) electrons. The molecular weight excluding hydrogens is 370 g/mol. The molecule has 2 aliphatic heterocycles. The van der Waals surface area contributed by atoms with E-state index >= 15 is 0 Å². The summed E-state index contributed by atoms with van der Waals surface area (Å²) >= 11 is 0. The van der Waals surface area contributed by atoms with Crippen molar-refractivity contribution in [3.8, 4) is 0 Å². The zero-order chi connectivity index (χ0) is 20.5. The summed E-state index contributed by atoms with van der Waals surface area (Å²) in [6.45, 7) is 3.34. The van der Waals surface area contributed by atoms with Crippen LogP contribution in [-0.4, -0.2) is 63.7 Å². The van der Waals surface area contributed by atoms with Crippen LogP contribution in [0, 0.1) is 0 Å². The number of hydrogen-bond donors (Lipinski definition) is 3. The van der Waals surface area contributed by atoms with Gasteiger partial charge in [-0.25, -0.2) is 0 Å². The Morgan fingerprint density at radius 3 is 2.52 bits per heavy atom. The molecule has 2 amide bonds. The predicted octanol–water partition coefficient (Wildman–Crippen LogP) is 1.96. The number of nitrogens with zero attached hydrogens (tertiary/aromatic N) is 1. The Morgan fingerprint density at radius 1 is 1.14 bits per heavy atom. The SMILES string of the molecule is C[C@]1(NC(=O)c2ccccc2)CCOC2(CCN(C(=O)c3cc[nH]c3)CC2)[C@@H]1O. The Bertz CT molecular complexity index is 859. The van der Waals surface area contributed by atoms with Crippen molar-refractivity contribution in [1.82, 2.24) is 15.2 Å². The Balaban J connectivity index is 1.45. The summed E-state index contributed by atoms with van der Waals surface area (Å²) < 4.78 is 6.07. The molecule has 0 aliphatic carbocycles. The van der Waals surface area contributed by atoms with Gasteiger partial charge in [0.15, 0.2) is 0 Å². The van der Waals surface area contributed by atoms with Crippen molar-refractivity contribution in [2.45, 2.75) is 43.4 Å². The molecule has 7 nitrogen and oxygen atoms in total. The highest BCUT2D eigenvalue weighted by molar-refractivity contribution is 5.95. The summed E-state index contributed by atoms with van der Waals surface area (Å²) in [4.78, 5) is 30.0. The van der Waals surface area contributed by atoms with Crippen molar-refractivity contribution in [2.75, 3.05) is 19.7 Å². The number of piperidine rings is 1. The average molecular weight is 397 g/mol. The number of amides is 2. The predicted molar refractivity (Wildman–Crippen MR) is 108 cm³/mol. The van der Waals surface area contributed by atoms with E-state index in [9.17, 15) is 14.7 Å². The number of nitrogens with one attached hydrogen (secondary N) is 2. The van der Waals surface area contributed by atoms with E-state index in [0.717, 1.165) is 0 Å². The van der Waals surface area contributed by atoms with Gasteiger partial charge in [-0.2, -0.15) is 0 Å². The van der Waals surface area contributed by atoms with Crippen LogP contribution in [0.1, 0.15) is 46.9 Å². The van der Waals surface area contributed by atoms with Crippen LogP contribution in [0.4, 0.5) is 0 Å². The third-order valence-corrected chi connectivity index (χ3v) is 6.29. The maximum Gasteiger partial charge on any atom is 0.255 e. The fourth-order valence-corrected chi connectivity index (χ4v) is 4.46. The van der Waals surface area contributed by atoms with Gasteiger partial charge in [0.2, 0.25) is 0 Å². The molecular formula is C22H27N3O4. The Hall–Kier alpha value is -2.64. The van der Waals surface area contributed by atoms with Gasteiger partial charge >= 0.3 is 0 Å². The van der Waals surface area contributed by atoms with Gasteiger partial charge in [-0.15, -0.1) is 0 Å². The Kier molecular flexibility index (Phi) is 5.19. The lowest BCUT2D eigenvalue weighted by Gasteiger charge is -2.53. The number of H-pyrrole nitrogens is 1. The minimum absolute atomic E-state index is 0.0217. The van der Waals surface area contributed by atoms with Crippen molar-refractivity contribution < 1.29 is 19.4 Å². The molecule has 3 heterocycles. The summed E-state index contributed by atoms with van der Waals surface area (Å²) in [5.74, 6) is -0.226. The zero-order valence-electron chi connectivity index (χ0n) is 16.6. The van der Waals surface area contributed by atoms with E-state index in [1.54, 1.807) is 35.5 Å². The highest BCUT2D eigenvalue weighted by atomic mass is 16.5. The molecule has 3 N–H and O–H groups in total. The van der Waals surface area contributed by atoms with Crippen molar-refractivity contribution in [3.63, 3.8) is 0 Å². The lowest BCUT2D eigenvalue weighted by molar-refractivity contribution is -0.203.